The summed E-state index contributed by atoms with van der Waals surface area (Å²) in [4.78, 5) is 5.16. The van der Waals surface area contributed by atoms with Crippen LogP contribution in [-0.4, -0.2) is 61.9 Å². The monoisotopic (exact) mass is 333 g/mol. The SMILES string of the molecule is CC(C)N1CCN(CCCN[C@@H](C)c2ccc3c(c2)OCO3)CC1. The second-order valence-electron chi connectivity index (χ2n) is 7.11. The Morgan fingerprint density at radius 1 is 1.04 bits per heavy atom. The first-order valence-corrected chi connectivity index (χ1v) is 9.23. The number of nitrogens with zero attached hydrogens (tertiary/aromatic N) is 2. The Kier molecular flexibility index (Phi) is 5.98. The van der Waals surface area contributed by atoms with E-state index in [1.165, 1.54) is 44.7 Å². The van der Waals surface area contributed by atoms with Crippen LogP contribution in [0.1, 0.15) is 38.8 Å². The fourth-order valence-electron chi connectivity index (χ4n) is 3.42. The molecule has 0 amide bonds. The summed E-state index contributed by atoms with van der Waals surface area (Å²) in [6.45, 7) is 14.2. The van der Waals surface area contributed by atoms with Crippen LogP contribution in [0.15, 0.2) is 18.2 Å². The smallest absolute Gasteiger partial charge is 0.231 e. The molecule has 1 aromatic rings. The molecule has 0 bridgehead atoms. The van der Waals surface area contributed by atoms with Gasteiger partial charge in [0.2, 0.25) is 6.79 Å². The molecule has 134 valence electrons. The Morgan fingerprint density at radius 2 is 1.79 bits per heavy atom. The maximum absolute atomic E-state index is 5.46. The lowest BCUT2D eigenvalue weighted by Crippen LogP contribution is -2.49. The normalized spacial score (nSPS) is 19.8. The summed E-state index contributed by atoms with van der Waals surface area (Å²) in [5.74, 6) is 1.72. The Morgan fingerprint density at radius 3 is 2.54 bits per heavy atom. The third-order valence-electron chi connectivity index (χ3n) is 5.14. The average molecular weight is 333 g/mol. The van der Waals surface area contributed by atoms with Gasteiger partial charge in [-0.3, -0.25) is 4.90 Å². The first-order chi connectivity index (χ1) is 11.6. The highest BCUT2D eigenvalue weighted by molar-refractivity contribution is 5.45. The van der Waals surface area contributed by atoms with Crippen molar-refractivity contribution in [3.63, 3.8) is 0 Å². The van der Waals surface area contributed by atoms with E-state index in [0.717, 1.165) is 18.0 Å². The van der Waals surface area contributed by atoms with E-state index in [1.54, 1.807) is 0 Å². The molecular weight excluding hydrogens is 302 g/mol. The van der Waals surface area contributed by atoms with Gasteiger partial charge in [-0.25, -0.2) is 0 Å². The van der Waals surface area contributed by atoms with Gasteiger partial charge in [0.25, 0.3) is 0 Å². The molecule has 0 aliphatic carbocycles. The topological polar surface area (TPSA) is 37.0 Å². The first-order valence-electron chi connectivity index (χ1n) is 9.23. The van der Waals surface area contributed by atoms with Crippen LogP contribution in [-0.2, 0) is 0 Å². The highest BCUT2D eigenvalue weighted by Crippen LogP contribution is 2.34. The van der Waals surface area contributed by atoms with Gasteiger partial charge in [0.15, 0.2) is 11.5 Å². The van der Waals surface area contributed by atoms with Crippen LogP contribution in [0.25, 0.3) is 0 Å². The fourth-order valence-corrected chi connectivity index (χ4v) is 3.42. The molecule has 0 saturated carbocycles. The van der Waals surface area contributed by atoms with Gasteiger partial charge in [0.05, 0.1) is 0 Å². The van der Waals surface area contributed by atoms with E-state index in [0.29, 0.717) is 18.9 Å². The number of piperazine rings is 1. The van der Waals surface area contributed by atoms with Crippen molar-refractivity contribution in [2.45, 2.75) is 39.3 Å². The van der Waals surface area contributed by atoms with E-state index in [9.17, 15) is 0 Å². The number of hydrogen-bond donors (Lipinski definition) is 1. The van der Waals surface area contributed by atoms with E-state index in [4.69, 9.17) is 9.47 Å². The lowest BCUT2D eigenvalue weighted by atomic mass is 10.1. The zero-order valence-electron chi connectivity index (χ0n) is 15.3. The maximum Gasteiger partial charge on any atom is 0.231 e. The van der Waals surface area contributed by atoms with Crippen LogP contribution in [0.4, 0.5) is 0 Å². The fraction of sp³-hybridized carbons (Fsp3) is 0.684. The van der Waals surface area contributed by atoms with Gasteiger partial charge in [-0.15, -0.1) is 0 Å². The molecule has 1 atom stereocenters. The minimum Gasteiger partial charge on any atom is -0.454 e. The van der Waals surface area contributed by atoms with Gasteiger partial charge >= 0.3 is 0 Å². The molecule has 1 saturated heterocycles. The van der Waals surface area contributed by atoms with Crippen molar-refractivity contribution in [1.82, 2.24) is 15.1 Å². The van der Waals surface area contributed by atoms with Gasteiger partial charge in [0, 0.05) is 38.3 Å². The third kappa shape index (κ3) is 4.41. The number of ether oxygens (including phenoxy) is 2. The van der Waals surface area contributed by atoms with Crippen LogP contribution < -0.4 is 14.8 Å². The van der Waals surface area contributed by atoms with Crippen molar-refractivity contribution in [1.29, 1.82) is 0 Å². The molecule has 24 heavy (non-hydrogen) atoms. The predicted molar refractivity (Wildman–Crippen MR) is 96.7 cm³/mol. The Balaban J connectivity index is 1.35. The van der Waals surface area contributed by atoms with Crippen molar-refractivity contribution in [3.8, 4) is 11.5 Å². The second-order valence-corrected chi connectivity index (χ2v) is 7.11. The number of nitrogens with one attached hydrogen (secondary N) is 1. The number of hydrogen-bond acceptors (Lipinski definition) is 5. The predicted octanol–water partition coefficient (Wildman–Crippen LogP) is 2.48. The number of fused-ring (bicyclic) bond motifs is 1. The highest BCUT2D eigenvalue weighted by Gasteiger charge is 2.18. The van der Waals surface area contributed by atoms with Crippen LogP contribution in [0, 0.1) is 0 Å². The van der Waals surface area contributed by atoms with Crippen molar-refractivity contribution in [3.05, 3.63) is 23.8 Å². The summed E-state index contributed by atoms with van der Waals surface area (Å²) in [5.41, 5.74) is 1.25. The Bertz CT molecular complexity index is 527. The lowest BCUT2D eigenvalue weighted by molar-refractivity contribution is 0.107. The minimum atomic E-state index is 0.331. The van der Waals surface area contributed by atoms with E-state index in [2.05, 4.69) is 48.0 Å². The molecule has 2 heterocycles. The van der Waals surface area contributed by atoms with Crippen LogP contribution in [0.3, 0.4) is 0 Å². The number of rotatable bonds is 7. The molecule has 2 aliphatic rings. The molecule has 3 rings (SSSR count). The minimum absolute atomic E-state index is 0.331. The van der Waals surface area contributed by atoms with Crippen molar-refractivity contribution >= 4 is 0 Å². The second kappa shape index (κ2) is 8.19. The molecule has 1 fully saturated rings. The van der Waals surface area contributed by atoms with E-state index >= 15 is 0 Å². The van der Waals surface area contributed by atoms with Gasteiger partial charge < -0.3 is 19.7 Å². The third-order valence-corrected chi connectivity index (χ3v) is 5.14. The molecule has 0 aromatic heterocycles. The molecule has 0 unspecified atom stereocenters. The highest BCUT2D eigenvalue weighted by atomic mass is 16.7. The van der Waals surface area contributed by atoms with Crippen LogP contribution >= 0.6 is 0 Å². The standard InChI is InChI=1S/C19H31N3O2/c1-15(2)22-11-9-21(10-12-22)8-4-7-20-16(3)17-5-6-18-19(13-17)24-14-23-18/h5-6,13,15-16,20H,4,7-12,14H2,1-3H3/t16-/m0/s1. The molecule has 1 aromatic carbocycles. The molecule has 1 N–H and O–H groups in total. The van der Waals surface area contributed by atoms with Gasteiger partial charge in [-0.2, -0.15) is 0 Å². The summed E-state index contributed by atoms with van der Waals surface area (Å²) >= 11 is 0. The van der Waals surface area contributed by atoms with E-state index in [-0.39, 0.29) is 0 Å². The zero-order valence-corrected chi connectivity index (χ0v) is 15.3. The lowest BCUT2D eigenvalue weighted by Gasteiger charge is -2.37. The van der Waals surface area contributed by atoms with Crippen LogP contribution in [0.2, 0.25) is 0 Å². The first kappa shape index (κ1) is 17.5. The molecule has 0 radical (unpaired) electrons. The Labute approximate surface area is 145 Å². The average Bonchev–Trinajstić information content (AvgIpc) is 3.06. The molecule has 0 spiro atoms. The number of benzene rings is 1. The summed E-state index contributed by atoms with van der Waals surface area (Å²) in [7, 11) is 0. The molecule has 2 aliphatic heterocycles. The van der Waals surface area contributed by atoms with Crippen molar-refractivity contribution in [2.24, 2.45) is 0 Å². The summed E-state index contributed by atoms with van der Waals surface area (Å²) in [6, 6.07) is 7.22. The molecular formula is C19H31N3O2. The van der Waals surface area contributed by atoms with Gasteiger partial charge in [0.1, 0.15) is 0 Å². The largest absolute Gasteiger partial charge is 0.454 e. The molecule has 5 nitrogen and oxygen atoms in total. The Hall–Kier alpha value is -1.30. The van der Waals surface area contributed by atoms with E-state index < -0.39 is 0 Å². The zero-order chi connectivity index (χ0) is 16.9. The van der Waals surface area contributed by atoms with Crippen molar-refractivity contribution < 1.29 is 9.47 Å². The van der Waals surface area contributed by atoms with Gasteiger partial charge in [-0.05, 0) is 58.0 Å². The summed E-state index contributed by atoms with van der Waals surface area (Å²) < 4.78 is 10.8. The van der Waals surface area contributed by atoms with Crippen molar-refractivity contribution in [2.75, 3.05) is 46.1 Å². The molecule has 5 heteroatoms. The quantitative estimate of drug-likeness (QED) is 0.776. The maximum atomic E-state index is 5.46. The van der Waals surface area contributed by atoms with E-state index in [1.807, 2.05) is 6.07 Å². The van der Waals surface area contributed by atoms with Gasteiger partial charge in [-0.1, -0.05) is 6.07 Å². The van der Waals surface area contributed by atoms with Crippen LogP contribution in [0.5, 0.6) is 11.5 Å². The summed E-state index contributed by atoms with van der Waals surface area (Å²) in [5, 5.41) is 3.62. The summed E-state index contributed by atoms with van der Waals surface area (Å²) in [6.07, 6.45) is 1.19.